The van der Waals surface area contributed by atoms with E-state index in [9.17, 15) is 0 Å². The minimum Gasteiger partial charge on any atom is -0.438 e. The van der Waals surface area contributed by atoms with Crippen molar-refractivity contribution in [3.63, 3.8) is 0 Å². The average Bonchev–Trinajstić information content (AvgIpc) is 2.82. The summed E-state index contributed by atoms with van der Waals surface area (Å²) < 4.78 is 16.4. The van der Waals surface area contributed by atoms with Crippen molar-refractivity contribution in [2.45, 2.75) is 38.4 Å². The molecule has 1 saturated heterocycles. The topological polar surface area (TPSA) is 44.5 Å². The fraction of sp³-hybridized carbons (Fsp3) is 0.533. The maximum Gasteiger partial charge on any atom is 0.221 e. The van der Waals surface area contributed by atoms with Crippen molar-refractivity contribution in [3.05, 3.63) is 29.7 Å². The van der Waals surface area contributed by atoms with Crippen LogP contribution in [0, 0.1) is 0 Å². The predicted molar refractivity (Wildman–Crippen MR) is 72.0 cm³/mol. The van der Waals surface area contributed by atoms with Gasteiger partial charge in [0, 0.05) is 13.7 Å². The summed E-state index contributed by atoms with van der Waals surface area (Å²) in [5.74, 6) is 0.628. The first-order chi connectivity index (χ1) is 9.35. The van der Waals surface area contributed by atoms with E-state index in [-0.39, 0.29) is 0 Å². The molecule has 1 atom stereocenters. The number of hydrogen-bond donors (Lipinski definition) is 0. The van der Waals surface area contributed by atoms with Crippen molar-refractivity contribution >= 4 is 11.1 Å². The largest absolute Gasteiger partial charge is 0.438 e. The van der Waals surface area contributed by atoms with Crippen molar-refractivity contribution in [1.82, 2.24) is 4.98 Å². The highest BCUT2D eigenvalue weighted by atomic mass is 16.5. The van der Waals surface area contributed by atoms with Gasteiger partial charge in [0.2, 0.25) is 5.89 Å². The van der Waals surface area contributed by atoms with Crippen LogP contribution in [0.2, 0.25) is 0 Å². The van der Waals surface area contributed by atoms with Crippen molar-refractivity contribution in [1.29, 1.82) is 0 Å². The summed E-state index contributed by atoms with van der Waals surface area (Å²) in [6.07, 6.45) is 4.94. The van der Waals surface area contributed by atoms with E-state index in [2.05, 4.69) is 17.1 Å². The van der Waals surface area contributed by atoms with Gasteiger partial charge in [0.05, 0.1) is 6.10 Å². The standard InChI is InChI=1S/C15H19NO3/c1-17-10-15-16-13-9-11(5-6-14(13)19-15)8-12-4-2-3-7-18-12/h5-6,9,12H,2-4,7-8,10H2,1H3/t12-/m1/s1. The molecule has 0 unspecified atom stereocenters. The molecule has 0 spiro atoms. The molecule has 19 heavy (non-hydrogen) atoms. The zero-order valence-corrected chi connectivity index (χ0v) is 11.2. The van der Waals surface area contributed by atoms with E-state index in [0.717, 1.165) is 30.5 Å². The third kappa shape index (κ3) is 2.96. The third-order valence-electron chi connectivity index (χ3n) is 3.50. The van der Waals surface area contributed by atoms with Crippen molar-refractivity contribution in [2.75, 3.05) is 13.7 Å². The van der Waals surface area contributed by atoms with Gasteiger partial charge in [-0.1, -0.05) is 6.07 Å². The van der Waals surface area contributed by atoms with Gasteiger partial charge in [0.1, 0.15) is 12.1 Å². The first kappa shape index (κ1) is 12.6. The van der Waals surface area contributed by atoms with Gasteiger partial charge in [-0.25, -0.2) is 4.98 Å². The normalized spacial score (nSPS) is 19.9. The van der Waals surface area contributed by atoms with E-state index >= 15 is 0 Å². The monoisotopic (exact) mass is 261 g/mol. The highest BCUT2D eigenvalue weighted by Crippen LogP contribution is 2.21. The lowest BCUT2D eigenvalue weighted by atomic mass is 10.0. The summed E-state index contributed by atoms with van der Waals surface area (Å²) in [6.45, 7) is 1.31. The molecule has 0 bridgehead atoms. The summed E-state index contributed by atoms with van der Waals surface area (Å²) in [5, 5.41) is 0. The smallest absolute Gasteiger partial charge is 0.221 e. The number of rotatable bonds is 4. The SMILES string of the molecule is COCc1nc2cc(C[C@H]3CCCCO3)ccc2o1. The Hall–Kier alpha value is -1.39. The van der Waals surface area contributed by atoms with Crippen LogP contribution >= 0.6 is 0 Å². The molecule has 4 heteroatoms. The number of fused-ring (bicyclic) bond motifs is 1. The minimum absolute atomic E-state index is 0.358. The molecule has 0 aliphatic carbocycles. The molecule has 2 heterocycles. The number of nitrogens with zero attached hydrogens (tertiary/aromatic N) is 1. The molecule has 1 aromatic heterocycles. The molecule has 0 N–H and O–H groups in total. The molecule has 102 valence electrons. The second-order valence-corrected chi connectivity index (χ2v) is 5.04. The van der Waals surface area contributed by atoms with Gasteiger partial charge in [-0.3, -0.25) is 0 Å². The van der Waals surface area contributed by atoms with Gasteiger partial charge < -0.3 is 13.9 Å². The summed E-state index contributed by atoms with van der Waals surface area (Å²) in [6, 6.07) is 6.18. The number of oxazole rings is 1. The Morgan fingerprint density at radius 2 is 2.32 bits per heavy atom. The fourth-order valence-corrected chi connectivity index (χ4v) is 2.56. The Balaban J connectivity index is 1.76. The minimum atomic E-state index is 0.358. The Kier molecular flexibility index (Phi) is 3.80. The maximum atomic E-state index is 5.77. The second-order valence-electron chi connectivity index (χ2n) is 5.04. The van der Waals surface area contributed by atoms with Crippen LogP contribution in [0.25, 0.3) is 11.1 Å². The highest BCUT2D eigenvalue weighted by Gasteiger charge is 2.15. The van der Waals surface area contributed by atoms with Crippen molar-refractivity contribution in [3.8, 4) is 0 Å². The van der Waals surface area contributed by atoms with Crippen LogP contribution in [0.5, 0.6) is 0 Å². The average molecular weight is 261 g/mol. The summed E-state index contributed by atoms with van der Waals surface area (Å²) >= 11 is 0. The maximum absolute atomic E-state index is 5.77. The van der Waals surface area contributed by atoms with Gasteiger partial charge in [-0.2, -0.15) is 0 Å². The molecule has 2 aromatic rings. The van der Waals surface area contributed by atoms with Gasteiger partial charge in [0.15, 0.2) is 5.58 Å². The quantitative estimate of drug-likeness (QED) is 0.848. The van der Waals surface area contributed by atoms with Gasteiger partial charge >= 0.3 is 0 Å². The lowest BCUT2D eigenvalue weighted by Gasteiger charge is -2.22. The molecule has 1 aliphatic rings. The van der Waals surface area contributed by atoms with Crippen molar-refractivity contribution < 1.29 is 13.9 Å². The van der Waals surface area contributed by atoms with Crippen LogP contribution in [0.15, 0.2) is 22.6 Å². The molecule has 1 aromatic carbocycles. The Labute approximate surface area is 112 Å². The lowest BCUT2D eigenvalue weighted by Crippen LogP contribution is -2.21. The Morgan fingerprint density at radius 1 is 1.37 bits per heavy atom. The summed E-state index contributed by atoms with van der Waals surface area (Å²) in [7, 11) is 1.64. The zero-order chi connectivity index (χ0) is 13.1. The van der Waals surface area contributed by atoms with E-state index in [0.29, 0.717) is 18.6 Å². The van der Waals surface area contributed by atoms with Crippen LogP contribution in [-0.4, -0.2) is 24.8 Å². The van der Waals surface area contributed by atoms with Crippen LogP contribution in [-0.2, 0) is 22.5 Å². The predicted octanol–water partition coefficient (Wildman–Crippen LogP) is 3.09. The molecule has 0 amide bonds. The van der Waals surface area contributed by atoms with Gasteiger partial charge in [0.25, 0.3) is 0 Å². The molecular weight excluding hydrogens is 242 g/mol. The fourth-order valence-electron chi connectivity index (χ4n) is 2.56. The molecule has 1 aliphatic heterocycles. The van der Waals surface area contributed by atoms with Crippen LogP contribution in [0.3, 0.4) is 0 Å². The molecular formula is C15H19NO3. The van der Waals surface area contributed by atoms with E-state index < -0.39 is 0 Å². The zero-order valence-electron chi connectivity index (χ0n) is 11.2. The molecule has 4 nitrogen and oxygen atoms in total. The van der Waals surface area contributed by atoms with E-state index in [1.807, 2.05) is 6.07 Å². The number of ether oxygens (including phenoxy) is 2. The lowest BCUT2D eigenvalue weighted by molar-refractivity contribution is 0.0168. The summed E-state index contributed by atoms with van der Waals surface area (Å²) in [4.78, 5) is 4.42. The Morgan fingerprint density at radius 3 is 3.11 bits per heavy atom. The first-order valence-electron chi connectivity index (χ1n) is 6.84. The number of hydrogen-bond acceptors (Lipinski definition) is 4. The molecule has 0 radical (unpaired) electrons. The Bertz CT molecular complexity index is 543. The number of benzene rings is 1. The van der Waals surface area contributed by atoms with Crippen molar-refractivity contribution in [2.24, 2.45) is 0 Å². The van der Waals surface area contributed by atoms with E-state index in [1.165, 1.54) is 18.4 Å². The van der Waals surface area contributed by atoms with E-state index in [1.54, 1.807) is 7.11 Å². The van der Waals surface area contributed by atoms with Crippen LogP contribution in [0.4, 0.5) is 0 Å². The molecule has 3 rings (SSSR count). The number of methoxy groups -OCH3 is 1. The molecule has 0 saturated carbocycles. The molecule has 1 fully saturated rings. The van der Waals surface area contributed by atoms with E-state index in [4.69, 9.17) is 13.9 Å². The first-order valence-corrected chi connectivity index (χ1v) is 6.84. The highest BCUT2D eigenvalue weighted by molar-refractivity contribution is 5.73. The van der Waals surface area contributed by atoms with Gasteiger partial charge in [-0.05, 0) is 43.4 Å². The summed E-state index contributed by atoms with van der Waals surface area (Å²) in [5.41, 5.74) is 2.98. The third-order valence-corrected chi connectivity index (χ3v) is 3.50. The number of aromatic nitrogens is 1. The van der Waals surface area contributed by atoms with Crippen LogP contribution in [0.1, 0.15) is 30.7 Å². The van der Waals surface area contributed by atoms with Crippen LogP contribution < -0.4 is 0 Å². The van der Waals surface area contributed by atoms with Gasteiger partial charge in [-0.15, -0.1) is 0 Å². The second kappa shape index (κ2) is 5.72.